The van der Waals surface area contributed by atoms with E-state index < -0.39 is 40.2 Å². The minimum atomic E-state index is -1.23. The molecule has 0 aliphatic heterocycles. The molecule has 194 valence electrons. The van der Waals surface area contributed by atoms with Gasteiger partial charge in [-0.1, -0.05) is 39.8 Å². The van der Waals surface area contributed by atoms with Crippen LogP contribution in [0.5, 0.6) is 0 Å². The molecule has 4 saturated carbocycles. The maximum Gasteiger partial charge on any atom is 0.310 e. The van der Waals surface area contributed by atoms with E-state index in [2.05, 4.69) is 20.4 Å². The second kappa shape index (κ2) is 8.64. The summed E-state index contributed by atoms with van der Waals surface area (Å²) in [5, 5.41) is 21.6. The monoisotopic (exact) mass is 486 g/mol. The van der Waals surface area contributed by atoms with E-state index in [4.69, 9.17) is 0 Å². The highest BCUT2D eigenvalue weighted by atomic mass is 16.4. The van der Waals surface area contributed by atoms with E-state index in [1.807, 2.05) is 13.8 Å². The van der Waals surface area contributed by atoms with E-state index in [0.717, 1.165) is 12.8 Å². The number of rotatable bonds is 6. The number of carbonyl (C=O) groups excluding carboxylic acids is 3. The zero-order valence-corrected chi connectivity index (χ0v) is 21.9. The fraction of sp³-hybridized carbons (Fsp3) is 0.793. The lowest BCUT2D eigenvalue weighted by Gasteiger charge is -2.62. The van der Waals surface area contributed by atoms with E-state index in [9.17, 15) is 29.4 Å². The van der Waals surface area contributed by atoms with E-state index in [0.29, 0.717) is 31.3 Å². The molecular weight excluding hydrogens is 444 g/mol. The molecule has 0 heterocycles. The number of carbonyl (C=O) groups is 4. The fourth-order valence-corrected chi connectivity index (χ4v) is 8.89. The highest BCUT2D eigenvalue weighted by Crippen LogP contribution is 2.68. The topological polar surface area (TPSA) is 109 Å². The van der Waals surface area contributed by atoms with E-state index in [1.54, 1.807) is 6.92 Å². The number of fused-ring (bicyclic) bond motifs is 5. The van der Waals surface area contributed by atoms with Crippen molar-refractivity contribution in [2.24, 2.45) is 52.3 Å². The molecule has 6 nitrogen and oxygen atoms in total. The van der Waals surface area contributed by atoms with Gasteiger partial charge in [0.1, 0.15) is 17.3 Å². The summed E-state index contributed by atoms with van der Waals surface area (Å²) in [5.41, 5.74) is -1.68. The first kappa shape index (κ1) is 26.2. The lowest BCUT2D eigenvalue weighted by Crippen LogP contribution is -2.68. The summed E-state index contributed by atoms with van der Waals surface area (Å²) in [7, 11) is 0. The highest BCUT2D eigenvalue weighted by molar-refractivity contribution is 5.96. The predicted octanol–water partition coefficient (Wildman–Crippen LogP) is 4.63. The molecule has 10 atom stereocenters. The van der Waals surface area contributed by atoms with Gasteiger partial charge in [0.05, 0.1) is 17.4 Å². The lowest BCUT2D eigenvalue weighted by molar-refractivity contribution is -0.207. The van der Waals surface area contributed by atoms with Crippen LogP contribution in [0.3, 0.4) is 0 Å². The zero-order chi connectivity index (χ0) is 26.1. The average molecular weight is 487 g/mol. The minimum absolute atomic E-state index is 0.0437. The van der Waals surface area contributed by atoms with Crippen molar-refractivity contribution < 1.29 is 29.4 Å². The Hall–Kier alpha value is -1.82. The number of aliphatic carboxylic acids is 1. The van der Waals surface area contributed by atoms with Crippen LogP contribution < -0.4 is 0 Å². The van der Waals surface area contributed by atoms with Gasteiger partial charge in [-0.15, -0.1) is 0 Å². The standard InChI is InChI=1S/C29H42O6/c1-15(17(3)26(33)34)7-8-16(2)19-9-12-29(35)25-22(31)13-20-18(4)21(30)10-11-27(20,5)24(25)23(32)14-28(19,29)6/h16-20,24-25,35H,1,7-14H2,2-6H3,(H,33,34)/t16-,17?,18+,19-,20+,24+,25-,27+,28-,29-/m1/s1. The van der Waals surface area contributed by atoms with Crippen LogP contribution in [0.15, 0.2) is 12.2 Å². The largest absolute Gasteiger partial charge is 0.481 e. The molecule has 0 bridgehead atoms. The fourth-order valence-electron chi connectivity index (χ4n) is 8.89. The number of carboxylic acids is 1. The van der Waals surface area contributed by atoms with Crippen LogP contribution in [0.4, 0.5) is 0 Å². The first-order chi connectivity index (χ1) is 16.2. The number of hydrogen-bond donors (Lipinski definition) is 2. The molecule has 1 unspecified atom stereocenters. The third kappa shape index (κ3) is 3.69. The predicted molar refractivity (Wildman–Crippen MR) is 131 cm³/mol. The summed E-state index contributed by atoms with van der Waals surface area (Å²) in [4.78, 5) is 51.3. The lowest BCUT2D eigenvalue weighted by atomic mass is 9.41. The Morgan fingerprint density at radius 3 is 2.37 bits per heavy atom. The molecule has 0 saturated heterocycles. The number of ketones is 3. The van der Waals surface area contributed by atoms with Gasteiger partial charge in [0, 0.05) is 36.5 Å². The Bertz CT molecular complexity index is 968. The van der Waals surface area contributed by atoms with Gasteiger partial charge in [0.2, 0.25) is 0 Å². The molecule has 4 aliphatic rings. The first-order valence-electron chi connectivity index (χ1n) is 13.4. The van der Waals surface area contributed by atoms with Gasteiger partial charge in [0.25, 0.3) is 0 Å². The van der Waals surface area contributed by atoms with Crippen molar-refractivity contribution in [3.8, 4) is 0 Å². The Labute approximate surface area is 208 Å². The second-order valence-electron chi connectivity index (χ2n) is 12.9. The molecule has 0 radical (unpaired) electrons. The van der Waals surface area contributed by atoms with Gasteiger partial charge in [-0.25, -0.2) is 0 Å². The Morgan fingerprint density at radius 2 is 1.74 bits per heavy atom. The second-order valence-corrected chi connectivity index (χ2v) is 12.9. The van der Waals surface area contributed by atoms with Gasteiger partial charge in [-0.3, -0.25) is 19.2 Å². The number of Topliss-reactive ketones (excluding diaryl/α,β-unsaturated/α-hetero) is 3. The van der Waals surface area contributed by atoms with Crippen molar-refractivity contribution in [2.75, 3.05) is 0 Å². The minimum Gasteiger partial charge on any atom is -0.481 e. The number of carboxylic acid groups (broad SMARTS) is 1. The van der Waals surface area contributed by atoms with Crippen molar-refractivity contribution in [2.45, 2.75) is 91.6 Å². The smallest absolute Gasteiger partial charge is 0.310 e. The van der Waals surface area contributed by atoms with E-state index in [1.165, 1.54) is 0 Å². The van der Waals surface area contributed by atoms with Gasteiger partial charge in [-0.2, -0.15) is 0 Å². The van der Waals surface area contributed by atoms with Crippen LogP contribution in [0.2, 0.25) is 0 Å². The van der Waals surface area contributed by atoms with Crippen LogP contribution >= 0.6 is 0 Å². The van der Waals surface area contributed by atoms with Crippen molar-refractivity contribution in [1.29, 1.82) is 0 Å². The van der Waals surface area contributed by atoms with Crippen LogP contribution in [0.1, 0.15) is 86.0 Å². The Morgan fingerprint density at radius 1 is 1.09 bits per heavy atom. The van der Waals surface area contributed by atoms with Crippen LogP contribution in [0.25, 0.3) is 0 Å². The van der Waals surface area contributed by atoms with Crippen LogP contribution in [-0.4, -0.2) is 39.1 Å². The third-order valence-electron chi connectivity index (χ3n) is 11.3. The summed E-state index contributed by atoms with van der Waals surface area (Å²) >= 11 is 0. The maximum absolute atomic E-state index is 13.9. The third-order valence-corrected chi connectivity index (χ3v) is 11.3. The van der Waals surface area contributed by atoms with Crippen LogP contribution in [0, 0.1) is 52.3 Å². The molecule has 4 rings (SSSR count). The van der Waals surface area contributed by atoms with Gasteiger partial charge >= 0.3 is 5.97 Å². The summed E-state index contributed by atoms with van der Waals surface area (Å²) in [6.45, 7) is 13.7. The van der Waals surface area contributed by atoms with E-state index >= 15 is 0 Å². The molecule has 6 heteroatoms. The summed E-state index contributed by atoms with van der Waals surface area (Å²) < 4.78 is 0. The molecule has 4 aliphatic carbocycles. The maximum atomic E-state index is 13.9. The normalized spacial score (nSPS) is 44.7. The van der Waals surface area contributed by atoms with Crippen molar-refractivity contribution in [3.63, 3.8) is 0 Å². The van der Waals surface area contributed by atoms with Crippen molar-refractivity contribution >= 4 is 23.3 Å². The summed E-state index contributed by atoms with van der Waals surface area (Å²) in [6, 6.07) is 0. The summed E-state index contributed by atoms with van der Waals surface area (Å²) in [5.74, 6) is -2.63. The molecule has 0 aromatic heterocycles. The number of hydrogen-bond acceptors (Lipinski definition) is 5. The summed E-state index contributed by atoms with van der Waals surface area (Å²) in [6.07, 6.45) is 4.14. The SMILES string of the molecule is C=C(CC[C@@H](C)[C@H]1CC[C@@]2(O)[C@@H]3C(=O)C[C@H]4[C@H](C)C(=O)CC[C@]4(C)[C@H]3C(=O)C[C@]12C)C(C)C(=O)O. The van der Waals surface area contributed by atoms with E-state index in [-0.39, 0.29) is 53.9 Å². The molecule has 35 heavy (non-hydrogen) atoms. The van der Waals surface area contributed by atoms with Gasteiger partial charge < -0.3 is 10.2 Å². The first-order valence-corrected chi connectivity index (χ1v) is 13.4. The van der Waals surface area contributed by atoms with Crippen LogP contribution in [-0.2, 0) is 19.2 Å². The van der Waals surface area contributed by atoms with Gasteiger partial charge in [-0.05, 0) is 62.2 Å². The number of aliphatic hydroxyl groups is 1. The molecule has 0 spiro atoms. The molecule has 4 fully saturated rings. The molecule has 0 aromatic rings. The average Bonchev–Trinajstić information content (AvgIpc) is 3.06. The quantitative estimate of drug-likeness (QED) is 0.530. The molecular formula is C29H42O6. The molecule has 0 amide bonds. The van der Waals surface area contributed by atoms with Crippen molar-refractivity contribution in [3.05, 3.63) is 12.2 Å². The van der Waals surface area contributed by atoms with Gasteiger partial charge in [0.15, 0.2) is 0 Å². The molecule has 0 aromatic carbocycles. The highest BCUT2D eigenvalue weighted by Gasteiger charge is 2.72. The zero-order valence-electron chi connectivity index (χ0n) is 21.9. The Balaban J connectivity index is 1.61. The molecule has 2 N–H and O–H groups in total. The Kier molecular flexibility index (Phi) is 6.48. The van der Waals surface area contributed by atoms with Crippen molar-refractivity contribution in [1.82, 2.24) is 0 Å².